The quantitative estimate of drug-likeness (QED) is 0.580. The third kappa shape index (κ3) is 5.30. The summed E-state index contributed by atoms with van der Waals surface area (Å²) >= 11 is 0. The fourth-order valence-corrected chi connectivity index (χ4v) is 0.411. The lowest BCUT2D eigenvalue weighted by Crippen LogP contribution is -2.30. The van der Waals surface area contributed by atoms with Crippen LogP contribution in [0.4, 0.5) is 0 Å². The second-order valence-electron chi connectivity index (χ2n) is 2.04. The van der Waals surface area contributed by atoms with Crippen LogP contribution in [0.1, 0.15) is 20.3 Å². The second kappa shape index (κ2) is 4.32. The average molecular weight is 129 g/mol. The van der Waals surface area contributed by atoms with Crippen LogP contribution in [-0.2, 0) is 4.79 Å². The van der Waals surface area contributed by atoms with E-state index in [1.165, 1.54) is 6.92 Å². The Labute approximate surface area is 55.6 Å². The van der Waals surface area contributed by atoms with Gasteiger partial charge in [-0.2, -0.15) is 0 Å². The number of nitrogens with one attached hydrogen (secondary N) is 2. The van der Waals surface area contributed by atoms with Crippen molar-refractivity contribution < 1.29 is 4.79 Å². The van der Waals surface area contributed by atoms with Crippen LogP contribution < -0.4 is 11.1 Å². The van der Waals surface area contributed by atoms with E-state index in [0.29, 0.717) is 6.54 Å². The molecule has 0 bridgehead atoms. The van der Waals surface area contributed by atoms with E-state index >= 15 is 0 Å². The Kier molecular flexibility index (Phi) is 4.05. The minimum Gasteiger partial charge on any atom is -0.355 e. The molecule has 0 saturated heterocycles. The summed E-state index contributed by atoms with van der Waals surface area (Å²) in [7, 11) is 0. The molecule has 0 spiro atoms. The minimum absolute atomic E-state index is 0.0549. The van der Waals surface area contributed by atoms with Gasteiger partial charge in [0.25, 0.3) is 0 Å². The fraction of sp³-hybridized carbons (Fsp3) is 0.833. The molecule has 1 radical (unpaired) electrons. The van der Waals surface area contributed by atoms with Crippen LogP contribution in [0.25, 0.3) is 0 Å². The molecule has 0 aromatic heterocycles. The van der Waals surface area contributed by atoms with E-state index in [9.17, 15) is 4.79 Å². The van der Waals surface area contributed by atoms with Gasteiger partial charge in [0.1, 0.15) is 0 Å². The maximum Gasteiger partial charge on any atom is 0.216 e. The zero-order valence-corrected chi connectivity index (χ0v) is 5.90. The molecule has 0 aromatic rings. The molecule has 0 aliphatic carbocycles. The van der Waals surface area contributed by atoms with Gasteiger partial charge in [-0.25, -0.2) is 0 Å². The summed E-state index contributed by atoms with van der Waals surface area (Å²) in [4.78, 5) is 10.3. The molecule has 0 aliphatic rings. The van der Waals surface area contributed by atoms with Gasteiger partial charge in [-0.05, 0) is 6.42 Å². The molecule has 0 heterocycles. The Bertz CT molecular complexity index is 93.1. The monoisotopic (exact) mass is 129 g/mol. The first kappa shape index (κ1) is 8.43. The molecule has 0 saturated carbocycles. The third-order valence-corrected chi connectivity index (χ3v) is 1.09. The first-order valence-electron chi connectivity index (χ1n) is 3.12. The highest BCUT2D eigenvalue weighted by molar-refractivity contribution is 5.72. The Morgan fingerprint density at radius 2 is 2.33 bits per heavy atom. The van der Waals surface area contributed by atoms with Gasteiger partial charge in [0.05, 0.1) is 0 Å². The highest BCUT2D eigenvalue weighted by Crippen LogP contribution is 1.83. The smallest absolute Gasteiger partial charge is 0.216 e. The first-order chi connectivity index (χ1) is 4.16. The van der Waals surface area contributed by atoms with Gasteiger partial charge < -0.3 is 5.32 Å². The van der Waals surface area contributed by atoms with Crippen molar-refractivity contribution in [3.8, 4) is 0 Å². The summed E-state index contributed by atoms with van der Waals surface area (Å²) in [5, 5.41) is 2.57. The maximum atomic E-state index is 10.3. The van der Waals surface area contributed by atoms with E-state index in [1.807, 2.05) is 6.92 Å². The molecule has 0 aliphatic heterocycles. The van der Waals surface area contributed by atoms with Gasteiger partial charge in [-0.15, -0.1) is 0 Å². The Balaban J connectivity index is 3.16. The molecular formula is C6H13N2O. The highest BCUT2D eigenvalue weighted by Gasteiger charge is 1.98. The molecule has 0 aromatic carbocycles. The summed E-state index contributed by atoms with van der Waals surface area (Å²) < 4.78 is 0. The van der Waals surface area contributed by atoms with Crippen LogP contribution in [0.15, 0.2) is 0 Å². The summed E-state index contributed by atoms with van der Waals surface area (Å²) in [6.45, 7) is 3.87. The molecule has 2 N–H and O–H groups in total. The summed E-state index contributed by atoms with van der Waals surface area (Å²) in [6.07, 6.45) is 0.792. The van der Waals surface area contributed by atoms with Crippen LogP contribution in [0.3, 0.4) is 0 Å². The lowest BCUT2D eigenvalue weighted by Gasteiger charge is -2.06. The van der Waals surface area contributed by atoms with Crippen LogP contribution in [0, 0.1) is 0 Å². The van der Waals surface area contributed by atoms with Crippen molar-refractivity contribution in [2.24, 2.45) is 0 Å². The Morgan fingerprint density at radius 3 is 2.67 bits per heavy atom. The summed E-state index contributed by atoms with van der Waals surface area (Å²) in [5.41, 5.74) is 7.20. The van der Waals surface area contributed by atoms with Crippen molar-refractivity contribution in [2.45, 2.75) is 26.3 Å². The first-order valence-corrected chi connectivity index (χ1v) is 3.12. The van der Waals surface area contributed by atoms with E-state index in [4.69, 9.17) is 5.73 Å². The highest BCUT2D eigenvalue weighted by atomic mass is 16.1. The molecule has 1 atom stereocenters. The Morgan fingerprint density at radius 1 is 1.78 bits per heavy atom. The Hall–Kier alpha value is -0.570. The number of carbonyl (C=O) groups excluding carboxylic acids is 1. The van der Waals surface area contributed by atoms with Crippen LogP contribution in [-0.4, -0.2) is 18.5 Å². The number of hydrogen-bond donors (Lipinski definition) is 1. The molecular weight excluding hydrogens is 116 g/mol. The average Bonchev–Trinajstić information content (AvgIpc) is 1.83. The standard InChI is InChI=1S/C6H13N2O/c1-3-6(7)4-8-5(2)9/h6-7H,3-4H2,1-2H3,(H,8,9). The number of rotatable bonds is 3. The van der Waals surface area contributed by atoms with Crippen LogP contribution in [0.5, 0.6) is 0 Å². The molecule has 1 unspecified atom stereocenters. The van der Waals surface area contributed by atoms with Crippen molar-refractivity contribution in [3.05, 3.63) is 0 Å². The number of carbonyl (C=O) groups is 1. The molecule has 0 rings (SSSR count). The van der Waals surface area contributed by atoms with Crippen molar-refractivity contribution in [1.82, 2.24) is 11.1 Å². The van der Waals surface area contributed by atoms with Gasteiger partial charge in [0, 0.05) is 19.5 Å². The predicted molar refractivity (Wildman–Crippen MR) is 35.9 cm³/mol. The zero-order chi connectivity index (χ0) is 7.28. The zero-order valence-electron chi connectivity index (χ0n) is 5.90. The van der Waals surface area contributed by atoms with E-state index in [2.05, 4.69) is 5.32 Å². The van der Waals surface area contributed by atoms with Crippen molar-refractivity contribution in [2.75, 3.05) is 6.54 Å². The van der Waals surface area contributed by atoms with Crippen LogP contribution in [0.2, 0.25) is 0 Å². The van der Waals surface area contributed by atoms with Gasteiger partial charge in [-0.1, -0.05) is 6.92 Å². The third-order valence-electron chi connectivity index (χ3n) is 1.09. The van der Waals surface area contributed by atoms with E-state index < -0.39 is 0 Å². The van der Waals surface area contributed by atoms with Crippen molar-refractivity contribution in [1.29, 1.82) is 0 Å². The van der Waals surface area contributed by atoms with Crippen LogP contribution >= 0.6 is 0 Å². The molecule has 3 nitrogen and oxygen atoms in total. The number of hydrogen-bond acceptors (Lipinski definition) is 1. The van der Waals surface area contributed by atoms with Gasteiger partial charge in [0.15, 0.2) is 0 Å². The molecule has 3 heteroatoms. The maximum absolute atomic E-state index is 10.3. The number of amides is 1. The summed E-state index contributed by atoms with van der Waals surface area (Å²) in [6, 6.07) is -0.145. The predicted octanol–water partition coefficient (Wildman–Crippen LogP) is 0.184. The van der Waals surface area contributed by atoms with E-state index in [0.717, 1.165) is 6.42 Å². The molecule has 1 amide bonds. The van der Waals surface area contributed by atoms with E-state index in [1.54, 1.807) is 0 Å². The molecule has 53 valence electrons. The molecule has 0 fully saturated rings. The van der Waals surface area contributed by atoms with Gasteiger partial charge in [-0.3, -0.25) is 10.5 Å². The van der Waals surface area contributed by atoms with E-state index in [-0.39, 0.29) is 11.9 Å². The van der Waals surface area contributed by atoms with Crippen molar-refractivity contribution >= 4 is 5.91 Å². The summed E-state index contributed by atoms with van der Waals surface area (Å²) in [5.74, 6) is -0.0549. The lowest BCUT2D eigenvalue weighted by atomic mass is 10.2. The van der Waals surface area contributed by atoms with Crippen molar-refractivity contribution in [3.63, 3.8) is 0 Å². The normalized spacial score (nSPS) is 12.8. The largest absolute Gasteiger partial charge is 0.355 e. The van der Waals surface area contributed by atoms with Gasteiger partial charge in [0.2, 0.25) is 5.91 Å². The minimum atomic E-state index is -0.145. The van der Waals surface area contributed by atoms with Gasteiger partial charge >= 0.3 is 0 Å². The second-order valence-corrected chi connectivity index (χ2v) is 2.04. The SMILES string of the molecule is CCC([NH])CNC(C)=O. The molecule has 9 heavy (non-hydrogen) atoms. The lowest BCUT2D eigenvalue weighted by molar-refractivity contribution is -0.119. The fourth-order valence-electron chi connectivity index (χ4n) is 0.411. The topological polar surface area (TPSA) is 52.9 Å².